The number of rotatable bonds is 7. The minimum absolute atomic E-state index is 0.251. The maximum absolute atomic E-state index is 13.6. The molecule has 0 aromatic heterocycles. The second-order valence-electron chi connectivity index (χ2n) is 5.96. The second-order valence-corrected chi connectivity index (χ2v) is 5.96. The van der Waals surface area contributed by atoms with Gasteiger partial charge in [-0.2, -0.15) is 0 Å². The lowest BCUT2D eigenvalue weighted by Crippen LogP contribution is -2.44. The summed E-state index contributed by atoms with van der Waals surface area (Å²) >= 11 is 0. The summed E-state index contributed by atoms with van der Waals surface area (Å²) in [5.74, 6) is -4.98. The topological polar surface area (TPSA) is 74.8 Å². The Morgan fingerprint density at radius 1 is 1.10 bits per heavy atom. The van der Waals surface area contributed by atoms with Gasteiger partial charge in [0.05, 0.1) is 18.8 Å². The van der Waals surface area contributed by atoms with Gasteiger partial charge < -0.3 is 20.7 Å². The van der Waals surface area contributed by atoms with Crippen molar-refractivity contribution in [1.82, 2.24) is 10.6 Å². The molecule has 6 nitrogen and oxygen atoms in total. The van der Waals surface area contributed by atoms with E-state index in [4.69, 9.17) is 4.74 Å². The molecule has 0 spiro atoms. The van der Waals surface area contributed by atoms with Crippen LogP contribution in [0, 0.1) is 23.3 Å². The van der Waals surface area contributed by atoms with Crippen LogP contribution in [0.25, 0.3) is 0 Å². The molecule has 0 saturated carbocycles. The lowest BCUT2D eigenvalue weighted by molar-refractivity contribution is -0.115. The highest BCUT2D eigenvalue weighted by atomic mass is 19.2. The van der Waals surface area contributed by atoms with E-state index in [-0.39, 0.29) is 25.2 Å². The number of nitrogens with one attached hydrogen (secondary N) is 3. The average molecular weight is 412 g/mol. The van der Waals surface area contributed by atoms with E-state index in [1.807, 2.05) is 0 Å². The minimum Gasteiger partial charge on any atom is -0.489 e. The van der Waals surface area contributed by atoms with E-state index in [1.54, 1.807) is 13.0 Å². The predicted molar refractivity (Wildman–Crippen MR) is 101 cm³/mol. The predicted octanol–water partition coefficient (Wildman–Crippen LogP) is 2.81. The van der Waals surface area contributed by atoms with Crippen molar-refractivity contribution in [3.63, 3.8) is 0 Å². The largest absolute Gasteiger partial charge is 0.489 e. The summed E-state index contributed by atoms with van der Waals surface area (Å²) in [6.45, 7) is 1.73. The maximum atomic E-state index is 13.6. The summed E-state index contributed by atoms with van der Waals surface area (Å²) in [4.78, 5) is 15.8. The van der Waals surface area contributed by atoms with Gasteiger partial charge in [-0.05, 0) is 31.2 Å². The molecule has 0 aliphatic rings. The van der Waals surface area contributed by atoms with Crippen LogP contribution in [-0.2, 0) is 4.79 Å². The SMILES string of the molecule is CN=C(NCC(=O)Nc1ccc(F)c(F)c1F)NCC(C)Oc1cccc(F)c1. The lowest BCUT2D eigenvalue weighted by atomic mass is 10.2. The van der Waals surface area contributed by atoms with Crippen molar-refractivity contribution in [3.05, 3.63) is 59.7 Å². The van der Waals surface area contributed by atoms with E-state index in [2.05, 4.69) is 20.9 Å². The number of nitrogens with zero attached hydrogens (tertiary/aromatic N) is 1. The molecular formula is C19H20F4N4O2. The van der Waals surface area contributed by atoms with Gasteiger partial charge in [-0.25, -0.2) is 17.6 Å². The van der Waals surface area contributed by atoms with Gasteiger partial charge >= 0.3 is 0 Å². The van der Waals surface area contributed by atoms with Crippen LogP contribution in [0.5, 0.6) is 5.75 Å². The molecule has 0 radical (unpaired) electrons. The number of ether oxygens (including phenoxy) is 1. The number of halogens is 4. The molecule has 2 aromatic rings. The highest BCUT2D eigenvalue weighted by Crippen LogP contribution is 2.19. The molecule has 156 valence electrons. The van der Waals surface area contributed by atoms with Gasteiger partial charge in [0.1, 0.15) is 17.7 Å². The van der Waals surface area contributed by atoms with Gasteiger partial charge in [-0.15, -0.1) is 0 Å². The zero-order valence-electron chi connectivity index (χ0n) is 15.7. The molecule has 1 unspecified atom stereocenters. The molecule has 2 aromatic carbocycles. The number of carbonyl (C=O) groups is 1. The molecular weight excluding hydrogens is 392 g/mol. The first kappa shape index (κ1) is 22.0. The van der Waals surface area contributed by atoms with Crippen LogP contribution in [0.3, 0.4) is 0 Å². The van der Waals surface area contributed by atoms with Crippen molar-refractivity contribution >= 4 is 17.6 Å². The number of benzene rings is 2. The standard InChI is InChI=1S/C19H20F4N4O2/c1-11(29-13-5-3-4-12(20)8-13)9-25-19(24-2)26-10-16(28)27-15-7-6-14(21)17(22)18(15)23/h3-8,11H,9-10H2,1-2H3,(H,27,28)(H2,24,25,26). The molecule has 0 aliphatic heterocycles. The Morgan fingerprint density at radius 2 is 1.86 bits per heavy atom. The van der Waals surface area contributed by atoms with Crippen LogP contribution in [0.4, 0.5) is 23.2 Å². The van der Waals surface area contributed by atoms with Crippen molar-refractivity contribution in [2.45, 2.75) is 13.0 Å². The molecule has 10 heteroatoms. The Kier molecular flexibility index (Phi) is 7.81. The van der Waals surface area contributed by atoms with E-state index >= 15 is 0 Å². The van der Waals surface area contributed by atoms with E-state index in [0.29, 0.717) is 11.8 Å². The first-order valence-corrected chi connectivity index (χ1v) is 8.60. The molecule has 0 heterocycles. The third-order valence-electron chi connectivity index (χ3n) is 3.64. The van der Waals surface area contributed by atoms with Gasteiger partial charge in [0.15, 0.2) is 23.4 Å². The molecule has 2 rings (SSSR count). The zero-order chi connectivity index (χ0) is 21.4. The Balaban J connectivity index is 1.79. The smallest absolute Gasteiger partial charge is 0.243 e. The number of amides is 1. The van der Waals surface area contributed by atoms with Gasteiger partial charge in [0, 0.05) is 13.1 Å². The summed E-state index contributed by atoms with van der Waals surface area (Å²) < 4.78 is 58.4. The lowest BCUT2D eigenvalue weighted by Gasteiger charge is -2.17. The Bertz CT molecular complexity index is 893. The third-order valence-corrected chi connectivity index (χ3v) is 3.64. The van der Waals surface area contributed by atoms with Crippen molar-refractivity contribution in [2.24, 2.45) is 4.99 Å². The van der Waals surface area contributed by atoms with Gasteiger partial charge in [0.25, 0.3) is 0 Å². The van der Waals surface area contributed by atoms with Crippen LogP contribution in [-0.4, -0.2) is 38.1 Å². The van der Waals surface area contributed by atoms with Crippen LogP contribution < -0.4 is 20.7 Å². The van der Waals surface area contributed by atoms with Crippen LogP contribution >= 0.6 is 0 Å². The summed E-state index contributed by atoms with van der Waals surface area (Å²) in [5.41, 5.74) is -0.476. The van der Waals surface area contributed by atoms with Crippen LogP contribution in [0.2, 0.25) is 0 Å². The summed E-state index contributed by atoms with van der Waals surface area (Å²) in [6.07, 6.45) is -0.347. The van der Waals surface area contributed by atoms with Crippen molar-refractivity contribution in [1.29, 1.82) is 0 Å². The number of carbonyl (C=O) groups excluding carboxylic acids is 1. The van der Waals surface area contributed by atoms with E-state index < -0.39 is 34.9 Å². The molecule has 29 heavy (non-hydrogen) atoms. The second kappa shape index (κ2) is 10.3. The van der Waals surface area contributed by atoms with E-state index in [9.17, 15) is 22.4 Å². The summed E-state index contributed by atoms with van der Waals surface area (Å²) in [6, 6.07) is 7.34. The molecule has 0 aliphatic carbocycles. The fourth-order valence-electron chi connectivity index (χ4n) is 2.26. The molecule has 0 bridgehead atoms. The zero-order valence-corrected chi connectivity index (χ0v) is 15.7. The first-order valence-electron chi connectivity index (χ1n) is 8.60. The Labute approximate surface area is 165 Å². The quantitative estimate of drug-likeness (QED) is 0.283. The van der Waals surface area contributed by atoms with Gasteiger partial charge in [-0.1, -0.05) is 6.07 Å². The number of hydrogen-bond donors (Lipinski definition) is 3. The molecule has 1 atom stereocenters. The average Bonchev–Trinajstić information content (AvgIpc) is 2.68. The Morgan fingerprint density at radius 3 is 2.55 bits per heavy atom. The van der Waals surface area contributed by atoms with E-state index in [1.165, 1.54) is 25.2 Å². The number of guanidine groups is 1. The normalized spacial score (nSPS) is 12.3. The first-order chi connectivity index (χ1) is 13.8. The van der Waals surface area contributed by atoms with Crippen LogP contribution in [0.15, 0.2) is 41.4 Å². The molecule has 1 amide bonds. The third kappa shape index (κ3) is 6.66. The van der Waals surface area contributed by atoms with E-state index in [0.717, 1.165) is 6.07 Å². The highest BCUT2D eigenvalue weighted by molar-refractivity contribution is 5.95. The minimum atomic E-state index is -1.67. The molecule has 3 N–H and O–H groups in total. The molecule has 0 fully saturated rings. The van der Waals surface area contributed by atoms with Crippen LogP contribution in [0.1, 0.15) is 6.92 Å². The summed E-state index contributed by atoms with van der Waals surface area (Å²) in [5, 5.41) is 7.73. The van der Waals surface area contributed by atoms with Crippen molar-refractivity contribution in [2.75, 3.05) is 25.5 Å². The van der Waals surface area contributed by atoms with Gasteiger partial charge in [0.2, 0.25) is 5.91 Å². The fourth-order valence-corrected chi connectivity index (χ4v) is 2.26. The fraction of sp³-hybridized carbons (Fsp3) is 0.263. The van der Waals surface area contributed by atoms with Crippen molar-refractivity contribution < 1.29 is 27.1 Å². The summed E-state index contributed by atoms with van der Waals surface area (Å²) in [7, 11) is 1.47. The molecule has 0 saturated heterocycles. The van der Waals surface area contributed by atoms with Crippen molar-refractivity contribution in [3.8, 4) is 5.75 Å². The number of anilines is 1. The highest BCUT2D eigenvalue weighted by Gasteiger charge is 2.15. The number of aliphatic imine (C=N–C) groups is 1. The monoisotopic (exact) mass is 412 g/mol. The van der Waals surface area contributed by atoms with Gasteiger partial charge in [-0.3, -0.25) is 9.79 Å². The maximum Gasteiger partial charge on any atom is 0.243 e. The Hall–Kier alpha value is -3.30. The number of hydrogen-bond acceptors (Lipinski definition) is 3.